The van der Waals surface area contributed by atoms with Crippen molar-refractivity contribution in [3.8, 4) is 11.1 Å². The van der Waals surface area contributed by atoms with E-state index >= 15 is 0 Å². The van der Waals surface area contributed by atoms with Crippen LogP contribution in [0.1, 0.15) is 32.1 Å². The van der Waals surface area contributed by atoms with Crippen LogP contribution in [0, 0.1) is 6.92 Å². The summed E-state index contributed by atoms with van der Waals surface area (Å²) < 4.78 is 0. The third-order valence-corrected chi connectivity index (χ3v) is 4.90. The lowest BCUT2D eigenvalue weighted by atomic mass is 10.0. The summed E-state index contributed by atoms with van der Waals surface area (Å²) in [5.41, 5.74) is 2.09. The van der Waals surface area contributed by atoms with Crippen molar-refractivity contribution in [3.63, 3.8) is 0 Å². The number of thiophene rings is 1. The molecular weight excluding hydrogens is 344 g/mol. The van der Waals surface area contributed by atoms with Gasteiger partial charge in [-0.05, 0) is 33.3 Å². The van der Waals surface area contributed by atoms with Crippen molar-refractivity contribution in [2.24, 2.45) is 0 Å². The number of carbonyl (C=O) groups excluding carboxylic acids is 1. The molecule has 0 aliphatic carbocycles. The Labute approximate surface area is 157 Å². The molecule has 0 spiro atoms. The largest absolute Gasteiger partial charge is 0.369 e. The molecule has 0 unspecified atom stereocenters. The topological polar surface area (TPSA) is 66.9 Å². The van der Waals surface area contributed by atoms with Gasteiger partial charge in [0.25, 0.3) is 0 Å². The van der Waals surface area contributed by atoms with Gasteiger partial charge < -0.3 is 10.6 Å². The third-order valence-electron chi connectivity index (χ3n) is 3.89. The summed E-state index contributed by atoms with van der Waals surface area (Å²) in [6, 6.07) is 10.3. The fourth-order valence-corrected chi connectivity index (χ4v) is 3.92. The van der Waals surface area contributed by atoms with Gasteiger partial charge in [0.15, 0.2) is 0 Å². The number of hydrogen-bond acceptors (Lipinski definition) is 5. The van der Waals surface area contributed by atoms with Crippen molar-refractivity contribution in [3.05, 3.63) is 41.5 Å². The summed E-state index contributed by atoms with van der Waals surface area (Å²) in [5.74, 6) is 0.807. The normalized spacial score (nSPS) is 11.5. The van der Waals surface area contributed by atoms with Crippen molar-refractivity contribution in [2.75, 3.05) is 11.9 Å². The molecule has 6 heteroatoms. The molecule has 3 rings (SSSR count). The molecule has 136 valence electrons. The zero-order chi connectivity index (χ0) is 18.7. The Bertz CT molecular complexity index is 913. The van der Waals surface area contributed by atoms with Gasteiger partial charge in [0.1, 0.15) is 17.0 Å². The Morgan fingerprint density at radius 3 is 2.58 bits per heavy atom. The number of carbonyl (C=O) groups is 1. The van der Waals surface area contributed by atoms with Crippen LogP contribution in [-0.4, -0.2) is 28.0 Å². The molecule has 5 nitrogen and oxygen atoms in total. The van der Waals surface area contributed by atoms with Crippen LogP contribution in [0.4, 0.5) is 5.82 Å². The van der Waals surface area contributed by atoms with E-state index in [4.69, 9.17) is 0 Å². The lowest BCUT2D eigenvalue weighted by molar-refractivity contribution is -0.122. The molecule has 2 aromatic heterocycles. The van der Waals surface area contributed by atoms with Gasteiger partial charge in [0, 0.05) is 28.9 Å². The van der Waals surface area contributed by atoms with Crippen LogP contribution < -0.4 is 10.6 Å². The number of aryl methyl sites for hydroxylation is 1. The number of nitrogens with one attached hydrogen (secondary N) is 2. The fraction of sp³-hybridized carbons (Fsp3) is 0.350. The Kier molecular flexibility index (Phi) is 5.23. The molecule has 2 heterocycles. The zero-order valence-electron chi connectivity index (χ0n) is 15.6. The minimum atomic E-state index is -0.218. The number of fused-ring (bicyclic) bond motifs is 1. The first-order valence-electron chi connectivity index (χ1n) is 8.69. The van der Waals surface area contributed by atoms with Crippen LogP contribution in [0.25, 0.3) is 21.3 Å². The van der Waals surface area contributed by atoms with Gasteiger partial charge in [0.2, 0.25) is 5.91 Å². The van der Waals surface area contributed by atoms with Crippen LogP contribution in [0.5, 0.6) is 0 Å². The van der Waals surface area contributed by atoms with E-state index in [9.17, 15) is 4.79 Å². The summed E-state index contributed by atoms with van der Waals surface area (Å²) in [7, 11) is 0. The monoisotopic (exact) mass is 368 g/mol. The number of amides is 1. The van der Waals surface area contributed by atoms with Crippen LogP contribution in [-0.2, 0) is 4.79 Å². The smallest absolute Gasteiger partial charge is 0.222 e. The quantitative estimate of drug-likeness (QED) is 0.701. The van der Waals surface area contributed by atoms with E-state index in [-0.39, 0.29) is 11.4 Å². The lowest BCUT2D eigenvalue weighted by Gasteiger charge is -2.20. The number of nitrogens with zero attached hydrogens (tertiary/aromatic N) is 2. The van der Waals surface area contributed by atoms with E-state index in [2.05, 4.69) is 39.7 Å². The lowest BCUT2D eigenvalue weighted by Crippen LogP contribution is -2.41. The first-order valence-corrected chi connectivity index (χ1v) is 9.51. The van der Waals surface area contributed by atoms with E-state index < -0.39 is 0 Å². The van der Waals surface area contributed by atoms with Crippen molar-refractivity contribution >= 4 is 33.3 Å². The van der Waals surface area contributed by atoms with Crippen LogP contribution >= 0.6 is 11.3 Å². The molecule has 1 amide bonds. The van der Waals surface area contributed by atoms with Gasteiger partial charge in [-0.1, -0.05) is 30.3 Å². The number of anilines is 1. The van der Waals surface area contributed by atoms with Crippen molar-refractivity contribution in [1.82, 2.24) is 15.3 Å². The second-order valence-corrected chi connectivity index (χ2v) is 8.48. The summed E-state index contributed by atoms with van der Waals surface area (Å²) in [6.45, 7) is 8.57. The van der Waals surface area contributed by atoms with Crippen molar-refractivity contribution < 1.29 is 4.79 Å². The number of aromatic nitrogens is 2. The standard InChI is InChI=1S/C20H24N4OS/c1-13-16(14-8-6-5-7-9-14)17-18(22-12-23-19(17)26-13)21-11-10-15(25)24-20(2,3)4/h5-9,12H,10-11H2,1-4H3,(H,24,25)(H,21,22,23). The van der Waals surface area contributed by atoms with Crippen LogP contribution in [0.2, 0.25) is 0 Å². The molecule has 0 atom stereocenters. The summed E-state index contributed by atoms with van der Waals surface area (Å²) >= 11 is 1.66. The second kappa shape index (κ2) is 7.41. The Hall–Kier alpha value is -2.47. The minimum Gasteiger partial charge on any atom is -0.369 e. The Morgan fingerprint density at radius 2 is 1.88 bits per heavy atom. The molecule has 0 saturated heterocycles. The minimum absolute atomic E-state index is 0.0279. The SMILES string of the molecule is Cc1sc2ncnc(NCCC(=O)NC(C)(C)C)c2c1-c1ccccc1. The van der Waals surface area contributed by atoms with Gasteiger partial charge in [0.05, 0.1) is 5.39 Å². The maximum absolute atomic E-state index is 12.0. The summed E-state index contributed by atoms with van der Waals surface area (Å²) in [5, 5.41) is 7.32. The van der Waals surface area contributed by atoms with Crippen molar-refractivity contribution in [2.45, 2.75) is 39.7 Å². The highest BCUT2D eigenvalue weighted by atomic mass is 32.1. The number of benzene rings is 1. The Morgan fingerprint density at radius 1 is 1.15 bits per heavy atom. The van der Waals surface area contributed by atoms with Gasteiger partial charge in [-0.3, -0.25) is 4.79 Å². The average Bonchev–Trinajstić information content (AvgIpc) is 2.90. The van der Waals surface area contributed by atoms with E-state index in [1.165, 1.54) is 4.88 Å². The predicted molar refractivity (Wildman–Crippen MR) is 109 cm³/mol. The van der Waals surface area contributed by atoms with E-state index in [0.717, 1.165) is 27.2 Å². The van der Waals surface area contributed by atoms with Gasteiger partial charge in [-0.2, -0.15) is 0 Å². The molecule has 0 aliphatic heterocycles. The first kappa shape index (κ1) is 18.3. The zero-order valence-corrected chi connectivity index (χ0v) is 16.4. The number of hydrogen-bond donors (Lipinski definition) is 2. The second-order valence-electron chi connectivity index (χ2n) is 7.28. The highest BCUT2D eigenvalue weighted by molar-refractivity contribution is 7.19. The molecular formula is C20H24N4OS. The maximum Gasteiger partial charge on any atom is 0.222 e. The molecule has 26 heavy (non-hydrogen) atoms. The average molecular weight is 369 g/mol. The van der Waals surface area contributed by atoms with Crippen LogP contribution in [0.3, 0.4) is 0 Å². The molecule has 0 aliphatic rings. The maximum atomic E-state index is 12.0. The molecule has 2 N–H and O–H groups in total. The predicted octanol–water partition coefficient (Wildman–Crippen LogP) is 4.38. The van der Waals surface area contributed by atoms with Gasteiger partial charge >= 0.3 is 0 Å². The highest BCUT2D eigenvalue weighted by Crippen LogP contribution is 2.40. The first-order chi connectivity index (χ1) is 12.3. The Balaban J connectivity index is 1.84. The molecule has 0 fully saturated rings. The molecule has 3 aromatic rings. The summed E-state index contributed by atoms with van der Waals surface area (Å²) in [6.07, 6.45) is 1.97. The van der Waals surface area contributed by atoms with E-state index in [1.807, 2.05) is 39.0 Å². The molecule has 0 saturated carbocycles. The van der Waals surface area contributed by atoms with E-state index in [1.54, 1.807) is 17.7 Å². The molecule has 1 aromatic carbocycles. The highest BCUT2D eigenvalue weighted by Gasteiger charge is 2.17. The summed E-state index contributed by atoms with van der Waals surface area (Å²) in [4.78, 5) is 23.0. The van der Waals surface area contributed by atoms with Crippen molar-refractivity contribution in [1.29, 1.82) is 0 Å². The third kappa shape index (κ3) is 4.19. The number of rotatable bonds is 5. The van der Waals surface area contributed by atoms with Gasteiger partial charge in [-0.15, -0.1) is 11.3 Å². The molecule has 0 bridgehead atoms. The molecule has 0 radical (unpaired) electrons. The van der Waals surface area contributed by atoms with E-state index in [0.29, 0.717) is 13.0 Å². The van der Waals surface area contributed by atoms with Crippen LogP contribution in [0.15, 0.2) is 36.7 Å². The van der Waals surface area contributed by atoms with Gasteiger partial charge in [-0.25, -0.2) is 9.97 Å². The fourth-order valence-electron chi connectivity index (χ4n) is 2.91.